The van der Waals surface area contributed by atoms with Gasteiger partial charge in [-0.05, 0) is 30.9 Å². The first kappa shape index (κ1) is 14.4. The molecule has 1 fully saturated rings. The number of anilines is 1. The zero-order valence-corrected chi connectivity index (χ0v) is 12.4. The number of rotatable bonds is 4. The van der Waals surface area contributed by atoms with Crippen molar-refractivity contribution in [3.63, 3.8) is 0 Å². The zero-order chi connectivity index (χ0) is 15.2. The van der Waals surface area contributed by atoms with Crippen LogP contribution in [0.25, 0.3) is 0 Å². The van der Waals surface area contributed by atoms with Gasteiger partial charge < -0.3 is 10.2 Å². The smallest absolute Gasteiger partial charge is 0.269 e. The van der Waals surface area contributed by atoms with Crippen molar-refractivity contribution in [2.75, 3.05) is 24.5 Å². The van der Waals surface area contributed by atoms with Crippen LogP contribution in [0.3, 0.4) is 0 Å². The summed E-state index contributed by atoms with van der Waals surface area (Å²) in [5, 5.41) is 2.98. The van der Waals surface area contributed by atoms with Crippen molar-refractivity contribution in [1.29, 1.82) is 0 Å². The molecular formula is C16H19N5O. The van der Waals surface area contributed by atoms with E-state index in [0.717, 1.165) is 31.7 Å². The van der Waals surface area contributed by atoms with E-state index in [9.17, 15) is 4.79 Å². The number of nitrogens with one attached hydrogen (secondary N) is 1. The summed E-state index contributed by atoms with van der Waals surface area (Å²) in [4.78, 5) is 26.7. The molecule has 6 nitrogen and oxygen atoms in total. The zero-order valence-electron chi connectivity index (χ0n) is 12.4. The van der Waals surface area contributed by atoms with Crippen LogP contribution >= 0.6 is 0 Å². The van der Waals surface area contributed by atoms with Gasteiger partial charge in [-0.2, -0.15) is 0 Å². The molecule has 0 unspecified atom stereocenters. The molecule has 0 saturated carbocycles. The van der Waals surface area contributed by atoms with Crippen molar-refractivity contribution >= 4 is 11.7 Å². The average Bonchev–Trinajstić information content (AvgIpc) is 2.61. The second-order valence-electron chi connectivity index (χ2n) is 5.42. The Hall–Kier alpha value is -2.50. The van der Waals surface area contributed by atoms with Crippen molar-refractivity contribution in [2.24, 2.45) is 5.92 Å². The third-order valence-corrected chi connectivity index (χ3v) is 3.94. The van der Waals surface area contributed by atoms with Gasteiger partial charge in [0.2, 0.25) is 0 Å². The maximum atomic E-state index is 12.0. The molecule has 0 radical (unpaired) electrons. The van der Waals surface area contributed by atoms with E-state index in [2.05, 4.69) is 25.2 Å². The molecule has 1 aliphatic heterocycles. The quantitative estimate of drug-likeness (QED) is 0.926. The highest BCUT2D eigenvalue weighted by atomic mass is 16.1. The molecule has 0 aromatic carbocycles. The lowest BCUT2D eigenvalue weighted by Crippen LogP contribution is -2.39. The number of hydrogen-bond donors (Lipinski definition) is 1. The van der Waals surface area contributed by atoms with E-state index in [1.54, 1.807) is 36.9 Å². The lowest BCUT2D eigenvalue weighted by atomic mass is 9.97. The second kappa shape index (κ2) is 6.98. The summed E-state index contributed by atoms with van der Waals surface area (Å²) in [6.07, 6.45) is 8.91. The van der Waals surface area contributed by atoms with Crippen molar-refractivity contribution in [3.05, 3.63) is 48.7 Å². The fourth-order valence-corrected chi connectivity index (χ4v) is 2.65. The SMILES string of the molecule is O=C(NCC1CCN(c2cnccn2)CC1)c1ccccn1. The molecule has 0 bridgehead atoms. The molecule has 1 amide bonds. The van der Waals surface area contributed by atoms with E-state index < -0.39 is 0 Å². The number of piperidine rings is 1. The molecule has 1 saturated heterocycles. The first-order valence-corrected chi connectivity index (χ1v) is 7.53. The fourth-order valence-electron chi connectivity index (χ4n) is 2.65. The highest BCUT2D eigenvalue weighted by Gasteiger charge is 2.20. The standard InChI is InChI=1S/C16H19N5O/c22-16(14-3-1-2-6-18-14)20-11-13-4-9-21(10-5-13)15-12-17-7-8-19-15/h1-3,6-8,12-13H,4-5,9-11H2,(H,20,22). The van der Waals surface area contributed by atoms with E-state index in [-0.39, 0.29) is 5.91 Å². The Morgan fingerprint density at radius 3 is 2.73 bits per heavy atom. The van der Waals surface area contributed by atoms with Crippen molar-refractivity contribution in [3.8, 4) is 0 Å². The Morgan fingerprint density at radius 1 is 1.18 bits per heavy atom. The Balaban J connectivity index is 1.45. The molecule has 1 aliphatic rings. The molecule has 114 valence electrons. The van der Waals surface area contributed by atoms with Crippen molar-refractivity contribution in [1.82, 2.24) is 20.3 Å². The van der Waals surface area contributed by atoms with Crippen LogP contribution in [0.2, 0.25) is 0 Å². The van der Waals surface area contributed by atoms with E-state index >= 15 is 0 Å². The molecule has 2 aromatic heterocycles. The summed E-state index contributed by atoms with van der Waals surface area (Å²) >= 11 is 0. The van der Waals surface area contributed by atoms with E-state index in [0.29, 0.717) is 18.2 Å². The summed E-state index contributed by atoms with van der Waals surface area (Å²) in [5.74, 6) is 1.33. The van der Waals surface area contributed by atoms with Gasteiger partial charge in [-0.1, -0.05) is 6.07 Å². The number of hydrogen-bond acceptors (Lipinski definition) is 5. The van der Waals surface area contributed by atoms with Crippen LogP contribution in [0, 0.1) is 5.92 Å². The minimum absolute atomic E-state index is 0.100. The normalized spacial score (nSPS) is 15.5. The van der Waals surface area contributed by atoms with Gasteiger partial charge in [0.15, 0.2) is 0 Å². The van der Waals surface area contributed by atoms with Gasteiger partial charge in [-0.3, -0.25) is 14.8 Å². The average molecular weight is 297 g/mol. The maximum Gasteiger partial charge on any atom is 0.269 e. The lowest BCUT2D eigenvalue weighted by Gasteiger charge is -2.32. The minimum Gasteiger partial charge on any atom is -0.355 e. The Bertz CT molecular complexity index is 596. The van der Waals surface area contributed by atoms with Crippen LogP contribution in [0.1, 0.15) is 23.3 Å². The third-order valence-electron chi connectivity index (χ3n) is 3.94. The number of carbonyl (C=O) groups is 1. The van der Waals surface area contributed by atoms with Gasteiger partial charge >= 0.3 is 0 Å². The number of carbonyl (C=O) groups excluding carboxylic acids is 1. The van der Waals surface area contributed by atoms with Gasteiger partial charge in [-0.15, -0.1) is 0 Å². The number of aromatic nitrogens is 3. The van der Waals surface area contributed by atoms with Gasteiger partial charge in [0.05, 0.1) is 6.20 Å². The fraction of sp³-hybridized carbons (Fsp3) is 0.375. The van der Waals surface area contributed by atoms with Crippen LogP contribution in [-0.2, 0) is 0 Å². The topological polar surface area (TPSA) is 71.0 Å². The Kier molecular flexibility index (Phi) is 4.58. The van der Waals surface area contributed by atoms with E-state index in [4.69, 9.17) is 0 Å². The van der Waals surface area contributed by atoms with Crippen LogP contribution in [0.5, 0.6) is 0 Å². The van der Waals surface area contributed by atoms with Crippen molar-refractivity contribution in [2.45, 2.75) is 12.8 Å². The molecule has 22 heavy (non-hydrogen) atoms. The Labute approximate surface area is 129 Å². The van der Waals surface area contributed by atoms with E-state index in [1.165, 1.54) is 0 Å². The predicted molar refractivity (Wildman–Crippen MR) is 83.5 cm³/mol. The van der Waals surface area contributed by atoms with Crippen LogP contribution < -0.4 is 10.2 Å². The van der Waals surface area contributed by atoms with Gasteiger partial charge in [-0.25, -0.2) is 4.98 Å². The monoisotopic (exact) mass is 297 g/mol. The van der Waals surface area contributed by atoms with Crippen LogP contribution in [0.15, 0.2) is 43.0 Å². The molecule has 3 heterocycles. The minimum atomic E-state index is -0.100. The molecule has 2 aromatic rings. The molecule has 0 atom stereocenters. The van der Waals surface area contributed by atoms with Crippen molar-refractivity contribution < 1.29 is 4.79 Å². The first-order chi connectivity index (χ1) is 10.8. The summed E-state index contributed by atoms with van der Waals surface area (Å²) in [5.41, 5.74) is 0.472. The summed E-state index contributed by atoms with van der Waals surface area (Å²) in [6.45, 7) is 2.59. The van der Waals surface area contributed by atoms with Crippen LogP contribution in [0.4, 0.5) is 5.82 Å². The molecule has 6 heteroatoms. The van der Waals surface area contributed by atoms with Gasteiger partial charge in [0.25, 0.3) is 5.91 Å². The first-order valence-electron chi connectivity index (χ1n) is 7.53. The van der Waals surface area contributed by atoms with Gasteiger partial charge in [0.1, 0.15) is 11.5 Å². The predicted octanol–water partition coefficient (Wildman–Crippen LogP) is 1.52. The molecule has 1 N–H and O–H groups in total. The molecular weight excluding hydrogens is 278 g/mol. The Morgan fingerprint density at radius 2 is 2.05 bits per heavy atom. The summed E-state index contributed by atoms with van der Waals surface area (Å²) in [7, 11) is 0. The summed E-state index contributed by atoms with van der Waals surface area (Å²) < 4.78 is 0. The summed E-state index contributed by atoms with van der Waals surface area (Å²) in [6, 6.07) is 5.35. The maximum absolute atomic E-state index is 12.0. The number of nitrogens with zero attached hydrogens (tertiary/aromatic N) is 4. The molecule has 0 spiro atoms. The lowest BCUT2D eigenvalue weighted by molar-refractivity contribution is 0.0940. The highest BCUT2D eigenvalue weighted by molar-refractivity contribution is 5.92. The second-order valence-corrected chi connectivity index (χ2v) is 5.42. The molecule has 3 rings (SSSR count). The largest absolute Gasteiger partial charge is 0.355 e. The van der Waals surface area contributed by atoms with Gasteiger partial charge in [0, 0.05) is 38.2 Å². The third kappa shape index (κ3) is 3.58. The van der Waals surface area contributed by atoms with E-state index in [1.807, 2.05) is 6.07 Å². The number of pyridine rings is 1. The highest BCUT2D eigenvalue weighted by Crippen LogP contribution is 2.20. The van der Waals surface area contributed by atoms with Crippen LogP contribution in [-0.4, -0.2) is 40.5 Å². The number of amides is 1. The molecule has 0 aliphatic carbocycles.